The summed E-state index contributed by atoms with van der Waals surface area (Å²) >= 11 is 0. The summed E-state index contributed by atoms with van der Waals surface area (Å²) < 4.78 is 31.7. The Morgan fingerprint density at radius 3 is 2.56 bits per heavy atom. The van der Waals surface area contributed by atoms with Gasteiger partial charge in [-0.2, -0.15) is 0 Å². The molecule has 3 rings (SSSR count). The normalized spacial score (nSPS) is 11.3. The van der Waals surface area contributed by atoms with Crippen molar-refractivity contribution < 1.29 is 17.9 Å². The molecule has 0 aliphatic heterocycles. The second kappa shape index (κ2) is 8.20. The Balaban J connectivity index is 1.59. The summed E-state index contributed by atoms with van der Waals surface area (Å²) in [6.45, 7) is 0.597. The van der Waals surface area contributed by atoms with Crippen molar-refractivity contribution in [2.45, 2.75) is 4.90 Å². The van der Waals surface area contributed by atoms with Gasteiger partial charge < -0.3 is 10.1 Å². The fourth-order valence-corrected chi connectivity index (χ4v) is 3.45. The van der Waals surface area contributed by atoms with E-state index in [1.807, 2.05) is 42.5 Å². The number of rotatable bonds is 7. The molecule has 0 spiro atoms. The molecule has 27 heavy (non-hydrogen) atoms. The highest BCUT2D eigenvalue weighted by Crippen LogP contribution is 2.24. The zero-order valence-corrected chi connectivity index (χ0v) is 15.6. The summed E-state index contributed by atoms with van der Waals surface area (Å²) in [4.78, 5) is 12.3. The van der Waals surface area contributed by atoms with E-state index >= 15 is 0 Å². The lowest BCUT2D eigenvalue weighted by Gasteiger charge is -2.10. The van der Waals surface area contributed by atoms with E-state index in [0.29, 0.717) is 13.2 Å². The zero-order chi connectivity index (χ0) is 19.3. The third-order valence-electron chi connectivity index (χ3n) is 4.07. The highest BCUT2D eigenvalue weighted by Gasteiger charge is 2.14. The van der Waals surface area contributed by atoms with Gasteiger partial charge in [-0.1, -0.05) is 42.5 Å². The van der Waals surface area contributed by atoms with E-state index in [9.17, 15) is 13.2 Å². The topological polar surface area (TPSA) is 84.5 Å². The Bertz CT molecular complexity index is 1060. The fraction of sp³-hybridized carbons (Fsp3) is 0.150. The Labute approximate surface area is 158 Å². The van der Waals surface area contributed by atoms with Crippen LogP contribution in [0, 0.1) is 0 Å². The van der Waals surface area contributed by atoms with E-state index in [2.05, 4.69) is 10.0 Å². The van der Waals surface area contributed by atoms with Gasteiger partial charge in [-0.05, 0) is 36.7 Å². The number of hydrogen-bond donors (Lipinski definition) is 2. The van der Waals surface area contributed by atoms with Crippen LogP contribution < -0.4 is 14.8 Å². The molecule has 0 aliphatic carbocycles. The number of amides is 1. The van der Waals surface area contributed by atoms with Crippen LogP contribution in [0.25, 0.3) is 10.8 Å². The molecule has 0 radical (unpaired) electrons. The van der Waals surface area contributed by atoms with Crippen LogP contribution in [0.4, 0.5) is 0 Å². The van der Waals surface area contributed by atoms with Gasteiger partial charge in [-0.3, -0.25) is 4.79 Å². The summed E-state index contributed by atoms with van der Waals surface area (Å²) in [7, 11) is -2.26. The van der Waals surface area contributed by atoms with Crippen LogP contribution in [-0.2, 0) is 10.0 Å². The molecule has 0 atom stereocenters. The molecule has 3 aromatic carbocycles. The molecule has 6 nitrogen and oxygen atoms in total. The minimum Gasteiger partial charge on any atom is -0.491 e. The van der Waals surface area contributed by atoms with E-state index in [1.165, 1.54) is 25.2 Å². The predicted octanol–water partition coefficient (Wildman–Crippen LogP) is 2.56. The highest BCUT2D eigenvalue weighted by atomic mass is 32.2. The smallest absolute Gasteiger partial charge is 0.251 e. The molecule has 0 saturated carbocycles. The van der Waals surface area contributed by atoms with E-state index in [4.69, 9.17) is 4.74 Å². The minimum atomic E-state index is -3.59. The van der Waals surface area contributed by atoms with Crippen molar-refractivity contribution in [3.8, 4) is 5.75 Å². The van der Waals surface area contributed by atoms with Gasteiger partial charge in [0.15, 0.2) is 0 Å². The lowest BCUT2D eigenvalue weighted by Crippen LogP contribution is -2.28. The molecular formula is C20H20N2O4S. The van der Waals surface area contributed by atoms with Crippen LogP contribution in [-0.4, -0.2) is 34.5 Å². The lowest BCUT2D eigenvalue weighted by molar-refractivity contribution is 0.0947. The third-order valence-corrected chi connectivity index (χ3v) is 5.48. The molecule has 0 saturated heterocycles. The quantitative estimate of drug-likeness (QED) is 0.613. The Morgan fingerprint density at radius 2 is 1.74 bits per heavy atom. The number of sulfonamides is 1. The second-order valence-corrected chi connectivity index (χ2v) is 7.70. The van der Waals surface area contributed by atoms with Crippen molar-refractivity contribution in [1.29, 1.82) is 0 Å². The maximum Gasteiger partial charge on any atom is 0.251 e. The van der Waals surface area contributed by atoms with Crippen LogP contribution in [0.15, 0.2) is 71.6 Å². The van der Waals surface area contributed by atoms with E-state index in [1.54, 1.807) is 6.07 Å². The molecule has 0 aliphatic rings. The largest absolute Gasteiger partial charge is 0.491 e. The number of carbonyl (C=O) groups is 1. The Morgan fingerprint density at radius 1 is 1.00 bits per heavy atom. The minimum absolute atomic E-state index is 0.0460. The van der Waals surface area contributed by atoms with Crippen molar-refractivity contribution in [2.75, 3.05) is 20.2 Å². The van der Waals surface area contributed by atoms with Crippen molar-refractivity contribution >= 4 is 26.7 Å². The summed E-state index contributed by atoms with van der Waals surface area (Å²) in [5.74, 6) is 0.397. The van der Waals surface area contributed by atoms with Crippen molar-refractivity contribution in [1.82, 2.24) is 10.0 Å². The lowest BCUT2D eigenvalue weighted by atomic mass is 10.1. The molecular weight excluding hydrogens is 364 g/mol. The van der Waals surface area contributed by atoms with E-state index < -0.39 is 10.0 Å². The number of benzene rings is 3. The maximum atomic E-state index is 12.3. The number of nitrogens with one attached hydrogen (secondary N) is 2. The predicted molar refractivity (Wildman–Crippen MR) is 104 cm³/mol. The fourth-order valence-electron chi connectivity index (χ4n) is 2.67. The Kier molecular flexibility index (Phi) is 5.73. The van der Waals surface area contributed by atoms with Gasteiger partial charge in [-0.25, -0.2) is 13.1 Å². The van der Waals surface area contributed by atoms with Gasteiger partial charge >= 0.3 is 0 Å². The molecule has 7 heteroatoms. The molecule has 0 aromatic heterocycles. The molecule has 3 aromatic rings. The van der Waals surface area contributed by atoms with Gasteiger partial charge in [0.1, 0.15) is 12.4 Å². The monoisotopic (exact) mass is 384 g/mol. The molecule has 140 valence electrons. The average Bonchev–Trinajstić information content (AvgIpc) is 2.71. The number of carbonyl (C=O) groups excluding carboxylic acids is 1. The maximum absolute atomic E-state index is 12.3. The number of hydrogen-bond acceptors (Lipinski definition) is 4. The molecule has 0 unspecified atom stereocenters. The van der Waals surface area contributed by atoms with E-state index in [0.717, 1.165) is 16.5 Å². The molecule has 1 amide bonds. The first-order valence-electron chi connectivity index (χ1n) is 8.43. The number of ether oxygens (including phenoxy) is 1. The first kappa shape index (κ1) is 18.9. The van der Waals surface area contributed by atoms with Crippen LogP contribution in [0.2, 0.25) is 0 Å². The van der Waals surface area contributed by atoms with Gasteiger partial charge in [0.2, 0.25) is 10.0 Å². The van der Waals surface area contributed by atoms with Gasteiger partial charge in [0.25, 0.3) is 5.91 Å². The first-order chi connectivity index (χ1) is 13.0. The van der Waals surface area contributed by atoms with Crippen molar-refractivity contribution in [3.05, 3.63) is 72.3 Å². The SMILES string of the molecule is CNS(=O)(=O)c1cccc(C(=O)NCCOc2cccc3ccccc23)c1. The molecule has 0 bridgehead atoms. The van der Waals surface area contributed by atoms with Crippen LogP contribution in [0.3, 0.4) is 0 Å². The summed E-state index contributed by atoms with van der Waals surface area (Å²) in [5, 5.41) is 4.83. The molecule has 0 fully saturated rings. The van der Waals surface area contributed by atoms with Crippen molar-refractivity contribution in [2.24, 2.45) is 0 Å². The number of fused-ring (bicyclic) bond motifs is 1. The molecule has 0 heterocycles. The average molecular weight is 384 g/mol. The third kappa shape index (κ3) is 4.45. The zero-order valence-electron chi connectivity index (χ0n) is 14.8. The van der Waals surface area contributed by atoms with Crippen molar-refractivity contribution in [3.63, 3.8) is 0 Å². The van der Waals surface area contributed by atoms with Gasteiger partial charge in [-0.15, -0.1) is 0 Å². The first-order valence-corrected chi connectivity index (χ1v) is 9.92. The van der Waals surface area contributed by atoms with Crippen LogP contribution in [0.1, 0.15) is 10.4 Å². The Hall–Kier alpha value is -2.90. The standard InChI is InChI=1S/C20H20N2O4S/c1-21-27(24,25)17-9-4-8-16(14-17)20(23)22-12-13-26-19-11-5-7-15-6-2-3-10-18(15)19/h2-11,14,21H,12-13H2,1H3,(H,22,23). The van der Waals surface area contributed by atoms with Gasteiger partial charge in [0.05, 0.1) is 11.4 Å². The summed E-state index contributed by atoms with van der Waals surface area (Å²) in [6, 6.07) is 19.6. The summed E-state index contributed by atoms with van der Waals surface area (Å²) in [5.41, 5.74) is 0.275. The van der Waals surface area contributed by atoms with Crippen LogP contribution >= 0.6 is 0 Å². The molecule has 2 N–H and O–H groups in total. The highest BCUT2D eigenvalue weighted by molar-refractivity contribution is 7.89. The van der Waals surface area contributed by atoms with Gasteiger partial charge in [0, 0.05) is 10.9 Å². The van der Waals surface area contributed by atoms with E-state index in [-0.39, 0.29) is 16.4 Å². The van der Waals surface area contributed by atoms with Crippen LogP contribution in [0.5, 0.6) is 5.75 Å². The summed E-state index contributed by atoms with van der Waals surface area (Å²) in [6.07, 6.45) is 0. The second-order valence-electron chi connectivity index (χ2n) is 5.82.